The average molecular weight is 1150 g/mol. The minimum absolute atomic E-state index is 0. The van der Waals surface area contributed by atoms with Crippen LogP contribution in [0.25, 0.3) is 42.0 Å². The number of hydrogen-bond acceptors (Lipinski definition) is 13. The Morgan fingerprint density at radius 3 is 1.66 bits per heavy atom. The van der Waals surface area contributed by atoms with E-state index in [1.165, 1.54) is 35.6 Å². The minimum Gasteiger partial charge on any atom is -1.00 e. The van der Waals surface area contributed by atoms with E-state index in [1.54, 1.807) is 35.0 Å². The van der Waals surface area contributed by atoms with Crippen LogP contribution in [0, 0.1) is 0 Å². The molecule has 3 N–H and O–H groups in total. The molecule has 0 atom stereocenters. The van der Waals surface area contributed by atoms with Gasteiger partial charge in [-0.05, 0) is 126 Å². The number of H-pyrrole nitrogens is 2. The number of nitrogens with one attached hydrogen (secondary N) is 3. The Hall–Kier alpha value is -2.48. The summed E-state index contributed by atoms with van der Waals surface area (Å²) in [5.41, 5.74) is -3.78. The maximum Gasteiger partial charge on any atom is 1.00 e. The number of carbonyl (C=O) groups is 1. The molecule has 18 heteroatoms. The third kappa shape index (κ3) is 18.2. The van der Waals surface area contributed by atoms with Gasteiger partial charge in [0.15, 0.2) is 0 Å². The number of alkyl halides is 1. The number of ether oxygens (including phenoxy) is 2. The Morgan fingerprint density at radius 2 is 1.17 bits per heavy atom. The zero-order valence-electron chi connectivity index (χ0n) is 78.2. The summed E-state index contributed by atoms with van der Waals surface area (Å²) in [6, 6.07) is 2.80. The minimum atomic E-state index is -4.53. The largest absolute Gasteiger partial charge is 1.00 e. The predicted molar refractivity (Wildman–Crippen MR) is 285 cm³/mol. The molecule has 0 amide bonds. The fraction of sp³-hybridized carbons (Fsp3) is 0.327. The summed E-state index contributed by atoms with van der Waals surface area (Å²) >= 11 is 4.86. The average Bonchev–Trinajstić information content (AvgIpc) is 0.966. The smallest absolute Gasteiger partial charge is 1.00 e. The molecular formula is C52H61BrK2N6O7S2. The summed E-state index contributed by atoms with van der Waals surface area (Å²) in [5.74, 6) is -2.33. The number of nitrogens with zero attached hydrogens (tertiary/aromatic N) is 3. The fourth-order valence-electron chi connectivity index (χ4n) is 5.22. The molecule has 2 fully saturated rings. The second kappa shape index (κ2) is 32.7. The number of pyridine rings is 2. The summed E-state index contributed by atoms with van der Waals surface area (Å²) in [4.78, 5) is 39.1. The SMILES string of the molecule is C.O=CO[O-].[2H]C1([2H])NC([2H])([2H])C([2H])([2H])N(c2cccc3sccc23)C1([2H])[2H].[2H]c1c(OC([2H])([2H])C([2H])([2H])C([2H])([2H])C([2H])([2H])Br)c([2H])c2[nH]c(=O)c([2H])c([2H])c2c1[2H].[2H]c1c(OC([2H])([2H])C([2H])([2H])C([2H])([2H])C([2H])([2H])N2C([2H])([2H])C([2H])([2H])N(c3cccc4sccc34)C([2H])([2H])C2([2H])[2H])c([2H])c2[nH]c(=O)c([2H])c([2H])c2c1[2H].[H-].[K+].[K+]. The number of aromatic amines is 2. The fourth-order valence-corrected chi connectivity index (χ4v) is 6.93. The quantitative estimate of drug-likeness (QED) is 0.0484. The molecule has 0 saturated carbocycles. The third-order valence-electron chi connectivity index (χ3n) is 7.88. The number of fused-ring (bicyclic) bond motifs is 4. The van der Waals surface area contributed by atoms with E-state index in [0.29, 0.717) is 15.0 Å². The molecule has 0 unspecified atom stereocenters. The number of aromatic nitrogens is 2. The van der Waals surface area contributed by atoms with Crippen LogP contribution in [0.1, 0.15) is 91.9 Å². The van der Waals surface area contributed by atoms with Gasteiger partial charge in [-0.3, -0.25) is 19.3 Å². The van der Waals surface area contributed by atoms with E-state index in [1.807, 2.05) is 10.3 Å². The Labute approximate surface area is 571 Å². The predicted octanol–water partition coefficient (Wildman–Crippen LogP) is 3.31. The molecule has 70 heavy (non-hydrogen) atoms. The number of rotatable bonds is 14. The molecule has 13 nitrogen and oxygen atoms in total. The van der Waals surface area contributed by atoms with E-state index in [-0.39, 0.29) is 140 Å². The Bertz CT molecular complexity index is 4950. The molecule has 8 aromatic rings. The molecule has 0 bridgehead atoms. The van der Waals surface area contributed by atoms with E-state index in [2.05, 4.69) is 25.8 Å². The number of anilines is 2. The number of benzene rings is 4. The van der Waals surface area contributed by atoms with E-state index in [9.17, 15) is 9.59 Å². The number of carbonyl (C=O) groups excluding carboxylic acids is 1. The van der Waals surface area contributed by atoms with E-state index < -0.39 is 212 Å². The van der Waals surface area contributed by atoms with Crippen LogP contribution in [0.4, 0.5) is 11.4 Å². The van der Waals surface area contributed by atoms with Crippen LogP contribution < -0.4 is 144 Å². The molecule has 362 valence electrons. The van der Waals surface area contributed by atoms with Crippen LogP contribution in [0.15, 0.2) is 129 Å². The van der Waals surface area contributed by atoms with Crippen molar-refractivity contribution in [1.82, 2.24) is 20.2 Å². The summed E-state index contributed by atoms with van der Waals surface area (Å²) in [5, 5.41) is 10.2. The number of halogens is 1. The molecule has 2 saturated heterocycles. The van der Waals surface area contributed by atoms with Gasteiger partial charge < -0.3 is 46.1 Å². The second-order valence-corrected chi connectivity index (χ2v) is 14.2. The Morgan fingerprint density at radius 1 is 0.700 bits per heavy atom. The number of piperazine rings is 2. The maximum absolute atomic E-state index is 12.2. The number of hydrogen-bond donors (Lipinski definition) is 3. The molecule has 2 aliphatic heterocycles. The van der Waals surface area contributed by atoms with Gasteiger partial charge in [0, 0.05) is 140 Å². The molecule has 4 aromatic heterocycles. The first-order chi connectivity index (χ1) is 49.0. The van der Waals surface area contributed by atoms with Crippen molar-refractivity contribution in [1.29, 1.82) is 0 Å². The van der Waals surface area contributed by atoms with Gasteiger partial charge in [-0.15, -0.1) is 22.7 Å². The topological polar surface area (TPSA) is 155 Å². The zero-order chi connectivity index (χ0) is 84.0. The van der Waals surface area contributed by atoms with E-state index in [0.717, 1.165) is 16.0 Å². The van der Waals surface area contributed by atoms with Gasteiger partial charge in [-0.25, -0.2) is 0 Å². The molecule has 0 radical (unpaired) electrons. The standard InChI is InChI=1S/C25H27N3O2S.C13H14BrNO2.C12H14N2S.CH2O3.CH4.2K.H/c29-25-9-7-19-6-8-20(18-22(19)26-25)30-16-2-1-11-27-12-14-28(15-13-27)23-4-3-5-24-21(23)10-17-31-24;14-7-1-2-8-17-11-5-3-10-4-6-13(16)15-12(10)9-11;1-2-11(14-7-5-13-6-8-14)10-4-9-15-12(10)3-1;2-1-4-3;;;;/h3-10,17-18H,1-2,11-16H2,(H,26,29);3-6,9H,1-2,7-8H2,(H,15,16);1-4,9,13H,5-8H2;1,3H;1H4;;;/q;;;;;2*+1;-1/p-1/i1D2,2D2,6D,7D,8D,9D,11D2,12D2,13D2,14D2,15D2,16D2,18D;1D2,2D2,3D,4D,5D,6D,7D2,8D2,9D;5D2,6D2,7D2,8D2;;;;;. The first-order valence-electron chi connectivity index (χ1n) is 39.2. The summed E-state index contributed by atoms with van der Waals surface area (Å²) in [6.07, 6.45) is -16.1. The molecule has 6 heterocycles. The van der Waals surface area contributed by atoms with Crippen molar-refractivity contribution in [2.75, 3.05) is 86.7 Å². The normalized spacial score (nSPS) is 29.4. The molecule has 4 aromatic carbocycles. The molecule has 0 aliphatic carbocycles. The summed E-state index contributed by atoms with van der Waals surface area (Å²) in [7, 11) is 0. The molecule has 2 aliphatic rings. The van der Waals surface area contributed by atoms with E-state index >= 15 is 0 Å². The van der Waals surface area contributed by atoms with Gasteiger partial charge in [0.05, 0.1) is 54.3 Å². The first-order valence-corrected chi connectivity index (χ1v) is 20.7. The summed E-state index contributed by atoms with van der Waals surface area (Å²) < 4.78 is 355. The molecular weight excluding hydrogens is 1040 g/mol. The van der Waals surface area contributed by atoms with Crippen LogP contribution in [-0.2, 0) is 9.68 Å². The molecule has 10 rings (SSSR count). The van der Waals surface area contributed by atoms with Crippen LogP contribution in [0.2, 0.25) is 0 Å². The van der Waals surface area contributed by atoms with Gasteiger partial charge in [0.2, 0.25) is 11.1 Å². The molecule has 0 spiro atoms. The van der Waals surface area contributed by atoms with Gasteiger partial charge in [-0.2, -0.15) is 0 Å². The van der Waals surface area contributed by atoms with Gasteiger partial charge in [0.1, 0.15) is 11.5 Å². The van der Waals surface area contributed by atoms with Gasteiger partial charge in [0.25, 0.3) is 6.47 Å². The van der Waals surface area contributed by atoms with Crippen molar-refractivity contribution >= 4 is 98.4 Å². The Balaban J connectivity index is 0.000000459. The Kier molecular flexibility index (Phi) is 11.0. The van der Waals surface area contributed by atoms with E-state index in [4.69, 9.17) is 77.1 Å². The van der Waals surface area contributed by atoms with Crippen LogP contribution in [-0.4, -0.2) is 98.2 Å². The van der Waals surface area contributed by atoms with Crippen LogP contribution >= 0.6 is 38.6 Å². The first kappa shape index (κ1) is 23.6. The monoisotopic (exact) mass is 1140 g/mol. The maximum atomic E-state index is 12.2. The van der Waals surface area contributed by atoms with Crippen molar-refractivity contribution < 1.29 is 186 Å². The van der Waals surface area contributed by atoms with Crippen molar-refractivity contribution in [3.05, 3.63) is 140 Å². The van der Waals surface area contributed by atoms with Gasteiger partial charge >= 0.3 is 103 Å². The van der Waals surface area contributed by atoms with Gasteiger partial charge in [-0.1, -0.05) is 35.5 Å². The number of thiophene rings is 2. The second-order valence-electron chi connectivity index (χ2n) is 11.9. The summed E-state index contributed by atoms with van der Waals surface area (Å²) in [6.45, 7) is -39.4. The van der Waals surface area contributed by atoms with Crippen LogP contribution in [0.3, 0.4) is 0 Å². The van der Waals surface area contributed by atoms with Crippen molar-refractivity contribution in [2.24, 2.45) is 0 Å². The van der Waals surface area contributed by atoms with Crippen LogP contribution in [0.5, 0.6) is 11.5 Å². The van der Waals surface area contributed by atoms with Crippen molar-refractivity contribution in [2.45, 2.75) is 32.9 Å². The van der Waals surface area contributed by atoms with Crippen molar-refractivity contribution in [3.63, 3.8) is 0 Å². The zero-order valence-corrected chi connectivity index (χ0v) is 44.7. The third-order valence-corrected chi connectivity index (χ3v) is 9.84. The van der Waals surface area contributed by atoms with Crippen molar-refractivity contribution in [3.8, 4) is 11.5 Å².